The smallest absolute Gasteiger partial charge is 0.319 e. The fourth-order valence-corrected chi connectivity index (χ4v) is 4.07. The maximum absolute atomic E-state index is 12.4. The van der Waals surface area contributed by atoms with Gasteiger partial charge in [0.15, 0.2) is 0 Å². The van der Waals surface area contributed by atoms with Gasteiger partial charge in [-0.05, 0) is 54.8 Å². The molecule has 6 nitrogen and oxygen atoms in total. The average molecular weight is 415 g/mol. The Labute approximate surface area is 177 Å². The summed E-state index contributed by atoms with van der Waals surface area (Å²) in [5.74, 6) is 0.929. The summed E-state index contributed by atoms with van der Waals surface area (Å²) in [5, 5.41) is 6.47. The summed E-state index contributed by atoms with van der Waals surface area (Å²) in [7, 11) is 0. The quantitative estimate of drug-likeness (QED) is 0.656. The highest BCUT2D eigenvalue weighted by atomic mass is 32.2. The van der Waals surface area contributed by atoms with Crippen LogP contribution in [0.15, 0.2) is 41.4 Å². The van der Waals surface area contributed by atoms with Crippen LogP contribution in [0.25, 0.3) is 0 Å². The number of hydrogen-bond acceptors (Lipinski definition) is 5. The molecule has 1 aromatic heterocycles. The number of rotatable bonds is 7. The van der Waals surface area contributed by atoms with Crippen molar-refractivity contribution in [3.8, 4) is 0 Å². The molecule has 0 radical (unpaired) electrons. The number of benzene rings is 1. The molecule has 3 rings (SSSR count). The lowest BCUT2D eigenvalue weighted by Crippen LogP contribution is -2.36. The molecule has 29 heavy (non-hydrogen) atoms. The minimum absolute atomic E-state index is 0.208. The van der Waals surface area contributed by atoms with Gasteiger partial charge in [-0.15, -0.1) is 11.8 Å². The van der Waals surface area contributed by atoms with Gasteiger partial charge in [-0.25, -0.2) is 9.78 Å². The molecular weight excluding hydrogens is 384 g/mol. The van der Waals surface area contributed by atoms with E-state index >= 15 is 0 Å². The maximum Gasteiger partial charge on any atom is 0.319 e. The number of thioether (sulfide) groups is 1. The predicted octanol–water partition coefficient (Wildman–Crippen LogP) is 4.44. The summed E-state index contributed by atoms with van der Waals surface area (Å²) < 4.78 is 5.39. The summed E-state index contributed by atoms with van der Waals surface area (Å²) in [5.41, 5.74) is 2.92. The van der Waals surface area contributed by atoms with Crippen LogP contribution < -0.4 is 15.5 Å². The predicted molar refractivity (Wildman–Crippen MR) is 120 cm³/mol. The number of nitrogens with zero attached hydrogens (tertiary/aromatic N) is 2. The van der Waals surface area contributed by atoms with Crippen molar-refractivity contribution < 1.29 is 9.53 Å². The van der Waals surface area contributed by atoms with Crippen molar-refractivity contribution in [1.29, 1.82) is 0 Å². The molecule has 0 aliphatic carbocycles. The van der Waals surface area contributed by atoms with E-state index in [-0.39, 0.29) is 6.03 Å². The molecule has 156 valence electrons. The van der Waals surface area contributed by atoms with E-state index in [1.165, 1.54) is 4.90 Å². The third-order valence-electron chi connectivity index (χ3n) is 4.96. The van der Waals surface area contributed by atoms with Crippen molar-refractivity contribution in [2.24, 2.45) is 0 Å². The number of carbonyl (C=O) groups excluding carboxylic acids is 1. The summed E-state index contributed by atoms with van der Waals surface area (Å²) in [6.07, 6.45) is 2.92. The van der Waals surface area contributed by atoms with E-state index in [1.54, 1.807) is 6.20 Å². The molecule has 1 aliphatic rings. The molecule has 1 atom stereocenters. The summed E-state index contributed by atoms with van der Waals surface area (Å²) in [4.78, 5) is 20.2. The number of morpholine rings is 1. The molecule has 2 heterocycles. The van der Waals surface area contributed by atoms with Crippen LogP contribution in [0.2, 0.25) is 0 Å². The Balaban J connectivity index is 1.53. The number of ether oxygens (including phenoxy) is 1. The van der Waals surface area contributed by atoms with Gasteiger partial charge in [0, 0.05) is 41.7 Å². The number of pyridine rings is 1. The van der Waals surface area contributed by atoms with Crippen LogP contribution in [0.5, 0.6) is 0 Å². The lowest BCUT2D eigenvalue weighted by atomic mass is 10.2. The fraction of sp³-hybridized carbons (Fsp3) is 0.455. The van der Waals surface area contributed by atoms with Crippen molar-refractivity contribution in [3.05, 3.63) is 47.7 Å². The molecule has 2 amide bonds. The van der Waals surface area contributed by atoms with Gasteiger partial charge in [0.1, 0.15) is 5.82 Å². The maximum atomic E-state index is 12.4. The number of anilines is 2. The average Bonchev–Trinajstić information content (AvgIpc) is 2.75. The summed E-state index contributed by atoms with van der Waals surface area (Å²) in [6.45, 7) is 10.0. The zero-order valence-corrected chi connectivity index (χ0v) is 18.2. The van der Waals surface area contributed by atoms with Crippen LogP contribution in [0, 0.1) is 6.92 Å². The van der Waals surface area contributed by atoms with Crippen LogP contribution in [0.3, 0.4) is 0 Å². The SMILES string of the molecule is CCC(C)Sc1ccc(NC(=O)NCc2ccnc(N3CCOCC3)c2)c(C)c1. The van der Waals surface area contributed by atoms with E-state index < -0.39 is 0 Å². The summed E-state index contributed by atoms with van der Waals surface area (Å²) in [6, 6.07) is 9.91. The minimum Gasteiger partial charge on any atom is -0.378 e. The number of aryl methyl sites for hydroxylation is 1. The van der Waals surface area contributed by atoms with Crippen LogP contribution >= 0.6 is 11.8 Å². The van der Waals surface area contributed by atoms with Gasteiger partial charge in [0.25, 0.3) is 0 Å². The highest BCUT2D eigenvalue weighted by molar-refractivity contribution is 7.99. The van der Waals surface area contributed by atoms with E-state index in [0.29, 0.717) is 11.8 Å². The van der Waals surface area contributed by atoms with Gasteiger partial charge in [-0.1, -0.05) is 13.8 Å². The molecule has 0 bridgehead atoms. The van der Waals surface area contributed by atoms with Crippen molar-refractivity contribution in [2.75, 3.05) is 36.5 Å². The first-order chi connectivity index (χ1) is 14.0. The molecule has 1 unspecified atom stereocenters. The standard InChI is InChI=1S/C22H30N4O2S/c1-4-17(3)29-19-5-6-20(16(2)13-19)25-22(27)24-15-18-7-8-23-21(14-18)26-9-11-28-12-10-26/h5-8,13-14,17H,4,9-12,15H2,1-3H3,(H2,24,25,27). The van der Waals surface area contributed by atoms with Crippen LogP contribution in [-0.4, -0.2) is 42.6 Å². The van der Waals surface area contributed by atoms with Crippen molar-refractivity contribution in [1.82, 2.24) is 10.3 Å². The van der Waals surface area contributed by atoms with Crippen molar-refractivity contribution >= 4 is 29.3 Å². The van der Waals surface area contributed by atoms with Crippen LogP contribution in [0.1, 0.15) is 31.4 Å². The minimum atomic E-state index is -0.208. The lowest BCUT2D eigenvalue weighted by Gasteiger charge is -2.28. The normalized spacial score (nSPS) is 15.1. The molecule has 1 fully saturated rings. The molecule has 2 aromatic rings. The van der Waals surface area contributed by atoms with Gasteiger partial charge >= 0.3 is 6.03 Å². The van der Waals surface area contributed by atoms with Crippen LogP contribution in [-0.2, 0) is 11.3 Å². The second-order valence-electron chi connectivity index (χ2n) is 7.24. The monoisotopic (exact) mass is 414 g/mol. The topological polar surface area (TPSA) is 66.5 Å². The van der Waals surface area contributed by atoms with Gasteiger partial charge in [0.05, 0.1) is 13.2 Å². The molecule has 1 aliphatic heterocycles. The van der Waals surface area contributed by atoms with Crippen molar-refractivity contribution in [2.45, 2.75) is 43.9 Å². The zero-order chi connectivity index (χ0) is 20.6. The first kappa shape index (κ1) is 21.5. The lowest BCUT2D eigenvalue weighted by molar-refractivity contribution is 0.122. The molecule has 7 heteroatoms. The van der Waals surface area contributed by atoms with Gasteiger partial charge in [0.2, 0.25) is 0 Å². The highest BCUT2D eigenvalue weighted by Crippen LogP contribution is 2.28. The Morgan fingerprint density at radius 3 is 2.79 bits per heavy atom. The first-order valence-electron chi connectivity index (χ1n) is 10.1. The Hall–Kier alpha value is -2.25. The number of nitrogens with one attached hydrogen (secondary N) is 2. The summed E-state index contributed by atoms with van der Waals surface area (Å²) >= 11 is 1.86. The van der Waals surface area contributed by atoms with Crippen LogP contribution in [0.4, 0.5) is 16.3 Å². The van der Waals surface area contributed by atoms with Gasteiger partial charge in [-0.2, -0.15) is 0 Å². The molecule has 2 N–H and O–H groups in total. The molecule has 1 saturated heterocycles. The van der Waals surface area contributed by atoms with Crippen molar-refractivity contribution in [3.63, 3.8) is 0 Å². The number of amides is 2. The van der Waals surface area contributed by atoms with E-state index in [9.17, 15) is 4.79 Å². The van der Waals surface area contributed by atoms with Gasteiger partial charge < -0.3 is 20.3 Å². The fourth-order valence-electron chi connectivity index (χ4n) is 3.05. The third-order valence-corrected chi connectivity index (χ3v) is 6.22. The molecule has 0 saturated carbocycles. The molecular formula is C22H30N4O2S. The van der Waals surface area contributed by atoms with E-state index in [2.05, 4.69) is 46.5 Å². The number of hydrogen-bond donors (Lipinski definition) is 2. The zero-order valence-electron chi connectivity index (χ0n) is 17.4. The first-order valence-corrected chi connectivity index (χ1v) is 11.0. The molecule has 1 aromatic carbocycles. The Bertz CT molecular complexity index is 824. The van der Waals surface area contributed by atoms with E-state index in [0.717, 1.165) is 55.4 Å². The second kappa shape index (κ2) is 10.5. The third kappa shape index (κ3) is 6.37. The number of aromatic nitrogens is 1. The number of carbonyl (C=O) groups is 1. The Morgan fingerprint density at radius 1 is 1.28 bits per heavy atom. The largest absolute Gasteiger partial charge is 0.378 e. The van der Waals surface area contributed by atoms with E-state index in [1.807, 2.05) is 36.9 Å². The Morgan fingerprint density at radius 2 is 2.07 bits per heavy atom. The van der Waals surface area contributed by atoms with E-state index in [4.69, 9.17) is 4.74 Å². The van der Waals surface area contributed by atoms with Gasteiger partial charge in [-0.3, -0.25) is 0 Å². The second-order valence-corrected chi connectivity index (χ2v) is 8.75. The molecule has 0 spiro atoms. The highest BCUT2D eigenvalue weighted by Gasteiger charge is 2.13. The number of urea groups is 1. The Kier molecular flexibility index (Phi) is 7.77.